The average molecular weight is 306 g/mol. The van der Waals surface area contributed by atoms with Gasteiger partial charge in [0.25, 0.3) is 0 Å². The third kappa shape index (κ3) is 3.53. The molecule has 0 bridgehead atoms. The lowest BCUT2D eigenvalue weighted by Gasteiger charge is -2.28. The van der Waals surface area contributed by atoms with Gasteiger partial charge in [-0.25, -0.2) is 0 Å². The van der Waals surface area contributed by atoms with Crippen molar-refractivity contribution in [1.29, 1.82) is 0 Å². The number of hydrogen-bond acceptors (Lipinski definition) is 6. The number of phenolic OH excluding ortho intramolecular Hbond substituents is 4. The van der Waals surface area contributed by atoms with Gasteiger partial charge < -0.3 is 30.3 Å². The quantitative estimate of drug-likeness (QED) is 0.475. The number of rotatable bonds is 0. The Morgan fingerprint density at radius 2 is 1.55 bits per heavy atom. The minimum atomic E-state index is -0.613. The predicted molar refractivity (Wildman–Crippen MR) is 79.3 cm³/mol. The summed E-state index contributed by atoms with van der Waals surface area (Å²) in [4.78, 5) is 0. The highest BCUT2D eigenvalue weighted by Crippen LogP contribution is 2.37. The highest BCUT2D eigenvalue weighted by atomic mass is 16.5. The van der Waals surface area contributed by atoms with Crippen LogP contribution >= 0.6 is 0 Å². The van der Waals surface area contributed by atoms with Gasteiger partial charge in [0.05, 0.1) is 6.10 Å². The minimum absolute atomic E-state index is 0.0362. The lowest BCUT2D eigenvalue weighted by atomic mass is 9.99. The Morgan fingerprint density at radius 3 is 2.09 bits per heavy atom. The number of fused-ring (bicyclic) bond motifs is 1. The molecule has 0 saturated carbocycles. The van der Waals surface area contributed by atoms with Crippen LogP contribution in [0.15, 0.2) is 36.4 Å². The Hall–Kier alpha value is -2.60. The molecule has 0 amide bonds. The number of phenols is 4. The molecule has 2 atom stereocenters. The largest absolute Gasteiger partial charge is 0.508 e. The number of aliphatic hydroxyl groups excluding tert-OH is 1. The van der Waals surface area contributed by atoms with E-state index in [1.165, 1.54) is 24.3 Å². The van der Waals surface area contributed by atoms with Crippen LogP contribution in [0.25, 0.3) is 0 Å². The van der Waals surface area contributed by atoms with Gasteiger partial charge in [0.2, 0.25) is 0 Å². The van der Waals surface area contributed by atoms with Crippen LogP contribution in [0, 0.1) is 0 Å². The predicted octanol–water partition coefficient (Wildman–Crippen LogP) is 1.88. The summed E-state index contributed by atoms with van der Waals surface area (Å²) in [6.07, 6.45) is -0.579. The van der Waals surface area contributed by atoms with Crippen LogP contribution in [-0.2, 0) is 6.42 Å². The van der Waals surface area contributed by atoms with E-state index in [1.54, 1.807) is 19.1 Å². The van der Waals surface area contributed by atoms with Gasteiger partial charge in [0, 0.05) is 24.1 Å². The summed E-state index contributed by atoms with van der Waals surface area (Å²) >= 11 is 0. The fourth-order valence-corrected chi connectivity index (χ4v) is 2.04. The molecule has 1 aliphatic rings. The number of ether oxygens (including phenoxy) is 1. The molecule has 1 heterocycles. The number of aliphatic hydroxyl groups is 1. The Balaban J connectivity index is 0.000000188. The zero-order valence-corrected chi connectivity index (χ0v) is 12.0. The highest BCUT2D eigenvalue weighted by molar-refractivity contribution is 5.50. The van der Waals surface area contributed by atoms with Crippen molar-refractivity contribution in [2.24, 2.45) is 0 Å². The Morgan fingerprint density at radius 1 is 0.955 bits per heavy atom. The van der Waals surface area contributed by atoms with E-state index in [-0.39, 0.29) is 29.1 Å². The molecule has 0 fully saturated rings. The second-order valence-electron chi connectivity index (χ2n) is 5.02. The molecular formula is C16H18O6. The van der Waals surface area contributed by atoms with Crippen LogP contribution in [-0.4, -0.2) is 37.7 Å². The van der Waals surface area contributed by atoms with E-state index >= 15 is 0 Å². The van der Waals surface area contributed by atoms with E-state index in [4.69, 9.17) is 14.9 Å². The van der Waals surface area contributed by atoms with Crippen LogP contribution in [0.3, 0.4) is 0 Å². The summed E-state index contributed by atoms with van der Waals surface area (Å²) in [6.45, 7) is 1.74. The van der Waals surface area contributed by atoms with E-state index in [0.717, 1.165) is 0 Å². The molecule has 0 aliphatic carbocycles. The standard InChI is InChI=1S/C10H12O4.C6H6O2/c1-5-8(12)4-7-9(13)2-6(11)3-10(7)14-5;7-5-3-1-2-4-6(5)8/h2-3,5,8,11-13H,4H2,1H3;1-4,7-8H. The summed E-state index contributed by atoms with van der Waals surface area (Å²) in [5.74, 6) is 0.219. The third-order valence-corrected chi connectivity index (χ3v) is 3.32. The van der Waals surface area contributed by atoms with Gasteiger partial charge >= 0.3 is 0 Å². The van der Waals surface area contributed by atoms with Crippen LogP contribution < -0.4 is 4.74 Å². The Bertz CT molecular complexity index is 634. The fraction of sp³-hybridized carbons (Fsp3) is 0.250. The summed E-state index contributed by atoms with van der Waals surface area (Å²) in [5.41, 5.74) is 0.549. The first-order valence-electron chi connectivity index (χ1n) is 6.75. The SMILES string of the molecule is CC1Oc2cc(O)cc(O)c2CC1O.Oc1ccccc1O. The van der Waals surface area contributed by atoms with Crippen LogP contribution in [0.4, 0.5) is 0 Å². The molecule has 6 heteroatoms. The van der Waals surface area contributed by atoms with Gasteiger partial charge in [-0.05, 0) is 19.1 Å². The van der Waals surface area contributed by atoms with Crippen LogP contribution in [0.1, 0.15) is 12.5 Å². The van der Waals surface area contributed by atoms with Crippen molar-refractivity contribution >= 4 is 0 Å². The van der Waals surface area contributed by atoms with Crippen molar-refractivity contribution in [1.82, 2.24) is 0 Å². The normalized spacial score (nSPS) is 19.4. The van der Waals surface area contributed by atoms with Gasteiger partial charge in [-0.2, -0.15) is 0 Å². The van der Waals surface area contributed by atoms with E-state index in [0.29, 0.717) is 17.7 Å². The average Bonchev–Trinajstić information content (AvgIpc) is 2.45. The smallest absolute Gasteiger partial charge is 0.157 e. The molecule has 2 aromatic carbocycles. The van der Waals surface area contributed by atoms with Crippen LogP contribution in [0.5, 0.6) is 28.7 Å². The summed E-state index contributed by atoms with van der Waals surface area (Å²) < 4.78 is 5.34. The maximum Gasteiger partial charge on any atom is 0.157 e. The van der Waals surface area contributed by atoms with Crippen molar-refractivity contribution in [2.75, 3.05) is 0 Å². The van der Waals surface area contributed by atoms with Crippen molar-refractivity contribution in [3.05, 3.63) is 42.0 Å². The molecule has 0 aromatic heterocycles. The van der Waals surface area contributed by atoms with Crippen molar-refractivity contribution < 1.29 is 30.3 Å². The summed E-state index contributed by atoms with van der Waals surface area (Å²) in [7, 11) is 0. The topological polar surface area (TPSA) is 110 Å². The molecule has 6 nitrogen and oxygen atoms in total. The zero-order chi connectivity index (χ0) is 16.3. The van der Waals surface area contributed by atoms with E-state index in [9.17, 15) is 15.3 Å². The molecule has 0 saturated heterocycles. The first-order chi connectivity index (χ1) is 10.4. The number of para-hydroxylation sites is 2. The molecule has 0 spiro atoms. The lowest BCUT2D eigenvalue weighted by Crippen LogP contribution is -2.34. The van der Waals surface area contributed by atoms with Gasteiger partial charge in [-0.3, -0.25) is 0 Å². The molecule has 118 valence electrons. The van der Waals surface area contributed by atoms with Gasteiger partial charge in [-0.15, -0.1) is 0 Å². The molecule has 22 heavy (non-hydrogen) atoms. The van der Waals surface area contributed by atoms with Crippen LogP contribution in [0.2, 0.25) is 0 Å². The Kier molecular flexibility index (Phi) is 4.62. The number of hydrogen-bond donors (Lipinski definition) is 5. The summed E-state index contributed by atoms with van der Waals surface area (Å²) in [6, 6.07) is 8.83. The second kappa shape index (κ2) is 6.44. The summed E-state index contributed by atoms with van der Waals surface area (Å²) in [5, 5.41) is 45.6. The fourth-order valence-electron chi connectivity index (χ4n) is 2.04. The molecule has 0 radical (unpaired) electrons. The molecule has 3 rings (SSSR count). The maximum atomic E-state index is 9.52. The highest BCUT2D eigenvalue weighted by Gasteiger charge is 2.27. The molecule has 2 unspecified atom stereocenters. The van der Waals surface area contributed by atoms with Gasteiger partial charge in [0.1, 0.15) is 23.4 Å². The number of benzene rings is 2. The minimum Gasteiger partial charge on any atom is -0.508 e. The van der Waals surface area contributed by atoms with Crippen molar-refractivity contribution in [3.8, 4) is 28.7 Å². The molecule has 2 aromatic rings. The van der Waals surface area contributed by atoms with Gasteiger partial charge in [0.15, 0.2) is 11.5 Å². The molecular weight excluding hydrogens is 288 g/mol. The number of aromatic hydroxyl groups is 4. The first-order valence-corrected chi connectivity index (χ1v) is 6.75. The van der Waals surface area contributed by atoms with Crippen molar-refractivity contribution in [3.63, 3.8) is 0 Å². The van der Waals surface area contributed by atoms with E-state index in [1.807, 2.05) is 0 Å². The molecule has 5 N–H and O–H groups in total. The zero-order valence-electron chi connectivity index (χ0n) is 12.0. The monoisotopic (exact) mass is 306 g/mol. The maximum absolute atomic E-state index is 9.52. The second-order valence-corrected chi connectivity index (χ2v) is 5.02. The third-order valence-electron chi connectivity index (χ3n) is 3.32. The van der Waals surface area contributed by atoms with Crippen molar-refractivity contribution in [2.45, 2.75) is 25.6 Å². The first kappa shape index (κ1) is 15.8. The lowest BCUT2D eigenvalue weighted by molar-refractivity contribution is 0.0318. The Labute approximate surface area is 127 Å². The van der Waals surface area contributed by atoms with Gasteiger partial charge in [-0.1, -0.05) is 12.1 Å². The molecule has 1 aliphatic heterocycles. The van der Waals surface area contributed by atoms with E-state index in [2.05, 4.69) is 0 Å². The van der Waals surface area contributed by atoms with E-state index < -0.39 is 6.10 Å².